The lowest BCUT2D eigenvalue weighted by Crippen LogP contribution is -2.54. The molecule has 1 heterocycles. The van der Waals surface area contributed by atoms with Crippen molar-refractivity contribution in [3.63, 3.8) is 0 Å². The van der Waals surface area contributed by atoms with E-state index in [1.807, 2.05) is 37.1 Å². The number of carbonyl (C=O) groups excluding carboxylic acids is 1. The van der Waals surface area contributed by atoms with E-state index in [0.29, 0.717) is 0 Å². The average Bonchev–Trinajstić information content (AvgIpc) is 2.79. The first-order chi connectivity index (χ1) is 14.8. The molecule has 164 valence electrons. The van der Waals surface area contributed by atoms with E-state index < -0.39 is 11.4 Å². The molecule has 1 fully saturated rings. The van der Waals surface area contributed by atoms with Crippen LogP contribution in [0.3, 0.4) is 0 Å². The minimum absolute atomic E-state index is 0.298. The molecule has 2 aromatic carbocycles. The number of esters is 1. The summed E-state index contributed by atoms with van der Waals surface area (Å²) in [6.45, 7) is 4.85. The maximum Gasteiger partial charge on any atom is 0.384 e. The second-order valence-electron chi connectivity index (χ2n) is 8.62. The molecule has 1 saturated heterocycles. The van der Waals surface area contributed by atoms with Crippen LogP contribution >= 0.6 is 0 Å². The van der Waals surface area contributed by atoms with Gasteiger partial charge in [0.2, 0.25) is 0 Å². The lowest BCUT2D eigenvalue weighted by atomic mass is 9.75. The Morgan fingerprint density at radius 3 is 2.55 bits per heavy atom. The van der Waals surface area contributed by atoms with E-state index in [4.69, 9.17) is 10.6 Å². The normalized spacial score (nSPS) is 19.3. The summed E-state index contributed by atoms with van der Waals surface area (Å²) in [5.41, 5.74) is 2.49. The van der Waals surface area contributed by atoms with Gasteiger partial charge in [-0.15, -0.1) is 0 Å². The van der Waals surface area contributed by atoms with Crippen LogP contribution in [0.1, 0.15) is 49.8 Å². The lowest BCUT2D eigenvalue weighted by molar-refractivity contribution is -0.133. The average molecular weight is 421 g/mol. The fourth-order valence-electron chi connectivity index (χ4n) is 4.36. The topological polar surface area (TPSA) is 64.8 Å². The third-order valence-corrected chi connectivity index (χ3v) is 6.25. The summed E-state index contributed by atoms with van der Waals surface area (Å²) in [4.78, 5) is 11.5. The number of hydrogen-bond acceptors (Lipinski definition) is 5. The van der Waals surface area contributed by atoms with Crippen molar-refractivity contribution in [2.75, 3.05) is 20.8 Å². The highest BCUT2D eigenvalue weighted by molar-refractivity contribution is 5.88. The third kappa shape index (κ3) is 4.92. The number of methoxy groups -OCH3 is 2. The Hall–Kier alpha value is -2.81. The van der Waals surface area contributed by atoms with Crippen LogP contribution in [0.25, 0.3) is 0 Å². The zero-order chi connectivity index (χ0) is 22.5. The second kappa shape index (κ2) is 9.55. The lowest BCUT2D eigenvalue weighted by Gasteiger charge is -2.45. The molecule has 3 rings (SSSR count). The Morgan fingerprint density at radius 2 is 1.90 bits per heavy atom. The van der Waals surface area contributed by atoms with Crippen molar-refractivity contribution in [1.29, 1.82) is 0 Å². The Balaban J connectivity index is 2.05. The van der Waals surface area contributed by atoms with Gasteiger partial charge in [-0.2, -0.15) is 0 Å². The summed E-state index contributed by atoms with van der Waals surface area (Å²) in [5, 5.41) is 2.00. The summed E-state index contributed by atoms with van der Waals surface area (Å²) in [7, 11) is 3.03. The number of carbonyl (C=O) groups is 1. The molecular formula is C26H32N2O3. The minimum atomic E-state index is -0.536. The second-order valence-corrected chi connectivity index (χ2v) is 8.62. The number of ether oxygens (including phenoxy) is 2. The van der Waals surface area contributed by atoms with Crippen LogP contribution in [-0.2, 0) is 26.9 Å². The van der Waals surface area contributed by atoms with E-state index in [1.54, 1.807) is 7.11 Å². The van der Waals surface area contributed by atoms with Crippen molar-refractivity contribution in [3.05, 3.63) is 65.2 Å². The molecule has 0 saturated carbocycles. The van der Waals surface area contributed by atoms with E-state index >= 15 is 0 Å². The molecule has 1 aliphatic rings. The van der Waals surface area contributed by atoms with Gasteiger partial charge in [0, 0.05) is 12.5 Å². The van der Waals surface area contributed by atoms with E-state index in [9.17, 15) is 4.79 Å². The van der Waals surface area contributed by atoms with Crippen molar-refractivity contribution in [2.24, 2.45) is 5.84 Å². The highest BCUT2D eigenvalue weighted by Crippen LogP contribution is 2.41. The Bertz CT molecular complexity index is 975. The molecule has 1 aliphatic heterocycles. The summed E-state index contributed by atoms with van der Waals surface area (Å²) < 4.78 is 10.4. The van der Waals surface area contributed by atoms with Gasteiger partial charge in [-0.1, -0.05) is 48.4 Å². The molecule has 2 N–H and O–H groups in total. The summed E-state index contributed by atoms with van der Waals surface area (Å²) in [6, 6.07) is 16.6. The summed E-state index contributed by atoms with van der Waals surface area (Å²) in [5.74, 6) is 12.5. The highest BCUT2D eigenvalue weighted by atomic mass is 16.5. The number of nitrogens with zero attached hydrogens (tertiary/aromatic N) is 1. The Kier molecular flexibility index (Phi) is 7.04. The quantitative estimate of drug-likeness (QED) is 0.343. The zero-order valence-electron chi connectivity index (χ0n) is 18.9. The van der Waals surface area contributed by atoms with Crippen LogP contribution in [0.2, 0.25) is 0 Å². The van der Waals surface area contributed by atoms with Crippen molar-refractivity contribution in [3.8, 4) is 17.6 Å². The van der Waals surface area contributed by atoms with Gasteiger partial charge in [-0.25, -0.2) is 9.80 Å². The van der Waals surface area contributed by atoms with E-state index in [0.717, 1.165) is 49.1 Å². The number of hydrazine groups is 1. The molecule has 1 unspecified atom stereocenters. The third-order valence-electron chi connectivity index (χ3n) is 6.25. The van der Waals surface area contributed by atoms with Gasteiger partial charge >= 0.3 is 5.97 Å². The van der Waals surface area contributed by atoms with Gasteiger partial charge in [-0.05, 0) is 62.3 Å². The fraction of sp³-hybridized carbons (Fsp3) is 0.423. The van der Waals surface area contributed by atoms with Gasteiger partial charge in [-0.3, -0.25) is 5.84 Å². The first kappa shape index (κ1) is 22.9. The predicted octanol–water partition coefficient (Wildman–Crippen LogP) is 3.95. The number of piperidine rings is 1. The number of nitrogens with two attached hydrogens (primary N) is 1. The number of rotatable bonds is 5. The van der Waals surface area contributed by atoms with Crippen LogP contribution < -0.4 is 10.6 Å². The SMILES string of the molecule is COC(=O)C#CC(C)(C)c1ccc(OC)c(CC2(c3ccccc3)CCCCN2N)c1. The zero-order valence-corrected chi connectivity index (χ0v) is 18.9. The number of hydrogen-bond donors (Lipinski definition) is 1. The van der Waals surface area contributed by atoms with Crippen molar-refractivity contribution < 1.29 is 14.3 Å². The highest BCUT2D eigenvalue weighted by Gasteiger charge is 2.40. The molecule has 0 aliphatic carbocycles. The van der Waals surface area contributed by atoms with Gasteiger partial charge in [0.1, 0.15) is 5.75 Å². The van der Waals surface area contributed by atoms with Gasteiger partial charge < -0.3 is 9.47 Å². The Labute approximate surface area is 185 Å². The molecule has 0 spiro atoms. The van der Waals surface area contributed by atoms with Crippen LogP contribution in [0.4, 0.5) is 0 Å². The fourth-order valence-corrected chi connectivity index (χ4v) is 4.36. The maximum absolute atomic E-state index is 11.5. The smallest absolute Gasteiger partial charge is 0.384 e. The number of benzene rings is 2. The standard InChI is InChI=1S/C26H32N2O3/c1-25(2,16-14-24(29)31-4)22-12-13-23(30-3)20(18-22)19-26(15-8-9-17-28(26)27)21-10-6-5-7-11-21/h5-7,10-13,18H,8-9,15,17,19,27H2,1-4H3. The molecule has 0 amide bonds. The largest absolute Gasteiger partial charge is 0.496 e. The first-order valence-corrected chi connectivity index (χ1v) is 10.7. The monoisotopic (exact) mass is 420 g/mol. The van der Waals surface area contributed by atoms with E-state index in [-0.39, 0.29) is 5.54 Å². The Morgan fingerprint density at radius 1 is 1.16 bits per heavy atom. The molecule has 31 heavy (non-hydrogen) atoms. The van der Waals surface area contributed by atoms with Crippen LogP contribution in [0.15, 0.2) is 48.5 Å². The molecule has 2 aromatic rings. The molecule has 0 bridgehead atoms. The van der Waals surface area contributed by atoms with Crippen LogP contribution in [-0.4, -0.2) is 31.7 Å². The molecule has 5 heteroatoms. The first-order valence-electron chi connectivity index (χ1n) is 10.7. The molecule has 0 aromatic heterocycles. The summed E-state index contributed by atoms with van der Waals surface area (Å²) in [6.07, 6.45) is 3.93. The van der Waals surface area contributed by atoms with Gasteiger partial charge in [0.05, 0.1) is 25.2 Å². The molecule has 1 atom stereocenters. The molecular weight excluding hydrogens is 388 g/mol. The molecule has 5 nitrogen and oxygen atoms in total. The van der Waals surface area contributed by atoms with Crippen molar-refractivity contribution >= 4 is 5.97 Å². The predicted molar refractivity (Wildman–Crippen MR) is 122 cm³/mol. The minimum Gasteiger partial charge on any atom is -0.496 e. The van der Waals surface area contributed by atoms with E-state index in [2.05, 4.69) is 46.9 Å². The van der Waals surface area contributed by atoms with Crippen molar-refractivity contribution in [2.45, 2.75) is 50.5 Å². The van der Waals surface area contributed by atoms with Crippen LogP contribution in [0.5, 0.6) is 5.75 Å². The van der Waals surface area contributed by atoms with Gasteiger partial charge in [0.15, 0.2) is 0 Å². The van der Waals surface area contributed by atoms with Gasteiger partial charge in [0.25, 0.3) is 0 Å². The van der Waals surface area contributed by atoms with Crippen molar-refractivity contribution in [1.82, 2.24) is 5.01 Å². The van der Waals surface area contributed by atoms with E-state index in [1.165, 1.54) is 12.7 Å². The summed E-state index contributed by atoms with van der Waals surface area (Å²) >= 11 is 0. The molecule has 0 radical (unpaired) electrons. The maximum atomic E-state index is 11.5. The van der Waals surface area contributed by atoms with Crippen LogP contribution in [0, 0.1) is 11.8 Å².